The molecule has 1 fully saturated rings. The third kappa shape index (κ3) is 2.96. The van der Waals surface area contributed by atoms with Crippen LogP contribution >= 0.6 is 0 Å². The van der Waals surface area contributed by atoms with E-state index in [4.69, 9.17) is 10.5 Å². The average Bonchev–Trinajstić information content (AvgIpc) is 2.79. The molecule has 0 spiro atoms. The Hall–Kier alpha value is -1.40. The molecule has 106 valence electrons. The highest BCUT2D eigenvalue weighted by Crippen LogP contribution is 2.45. The van der Waals surface area contributed by atoms with Crippen LogP contribution in [-0.2, 0) is 16.1 Å². The average molecular weight is 266 g/mol. The van der Waals surface area contributed by atoms with Crippen molar-refractivity contribution < 1.29 is 9.53 Å². The number of nitrogens with two attached hydrogens (primary N) is 1. The van der Waals surface area contributed by atoms with Gasteiger partial charge in [0.05, 0.1) is 30.5 Å². The number of anilines is 1. The highest BCUT2D eigenvalue weighted by Gasteiger charge is 2.47. The van der Waals surface area contributed by atoms with Crippen molar-refractivity contribution in [1.82, 2.24) is 9.78 Å². The lowest BCUT2D eigenvalue weighted by molar-refractivity contribution is -0.132. The molecular weight excluding hydrogens is 244 g/mol. The van der Waals surface area contributed by atoms with Crippen LogP contribution in [0.2, 0.25) is 0 Å². The number of ether oxygens (including phenoxy) is 1. The molecule has 19 heavy (non-hydrogen) atoms. The number of amides is 1. The van der Waals surface area contributed by atoms with Gasteiger partial charge in [0.25, 0.3) is 0 Å². The summed E-state index contributed by atoms with van der Waals surface area (Å²) in [5, 5.41) is 7.07. The van der Waals surface area contributed by atoms with E-state index in [0.29, 0.717) is 31.3 Å². The lowest BCUT2D eigenvalue weighted by Gasteiger charge is -2.44. The number of carbonyl (C=O) groups excluding carboxylic acids is 1. The van der Waals surface area contributed by atoms with E-state index in [-0.39, 0.29) is 11.3 Å². The number of nitrogens with one attached hydrogen (secondary N) is 1. The molecule has 3 N–H and O–H groups in total. The van der Waals surface area contributed by atoms with Crippen molar-refractivity contribution >= 4 is 11.6 Å². The molecule has 0 aromatic carbocycles. The lowest BCUT2D eigenvalue weighted by atomic mass is 9.62. The first-order valence-electron chi connectivity index (χ1n) is 6.62. The molecule has 1 heterocycles. The number of carbonyl (C=O) groups is 1. The fraction of sp³-hybridized carbons (Fsp3) is 0.692. The van der Waals surface area contributed by atoms with Crippen molar-refractivity contribution in [1.29, 1.82) is 0 Å². The molecule has 1 amide bonds. The second-order valence-corrected chi connectivity index (χ2v) is 5.44. The number of hydrogen-bond acceptors (Lipinski definition) is 4. The molecule has 0 saturated heterocycles. The van der Waals surface area contributed by atoms with Gasteiger partial charge in [-0.25, -0.2) is 0 Å². The fourth-order valence-corrected chi connectivity index (χ4v) is 2.72. The normalized spacial score (nSPS) is 25.9. The molecular formula is C13H22N4O2. The maximum absolute atomic E-state index is 12.3. The minimum absolute atomic E-state index is 0.0133. The molecule has 1 aliphatic rings. The Morgan fingerprint density at radius 3 is 3.00 bits per heavy atom. The van der Waals surface area contributed by atoms with Crippen molar-refractivity contribution in [2.75, 3.05) is 25.6 Å². The summed E-state index contributed by atoms with van der Waals surface area (Å²) in [5.74, 6) is 0.595. The molecule has 0 unspecified atom stereocenters. The van der Waals surface area contributed by atoms with Gasteiger partial charge in [0.2, 0.25) is 5.91 Å². The molecule has 1 aromatic rings. The predicted molar refractivity (Wildman–Crippen MR) is 72.6 cm³/mol. The Labute approximate surface area is 113 Å². The van der Waals surface area contributed by atoms with Gasteiger partial charge in [-0.15, -0.1) is 0 Å². The van der Waals surface area contributed by atoms with Gasteiger partial charge < -0.3 is 15.8 Å². The first-order chi connectivity index (χ1) is 9.09. The second kappa shape index (κ2) is 5.71. The molecule has 0 atom stereocenters. The van der Waals surface area contributed by atoms with Crippen LogP contribution in [-0.4, -0.2) is 35.9 Å². The second-order valence-electron chi connectivity index (χ2n) is 5.44. The van der Waals surface area contributed by atoms with Crippen molar-refractivity contribution in [3.05, 3.63) is 12.4 Å². The van der Waals surface area contributed by atoms with Gasteiger partial charge in [-0.3, -0.25) is 9.48 Å². The molecule has 0 bridgehead atoms. The topological polar surface area (TPSA) is 82.2 Å². The van der Waals surface area contributed by atoms with E-state index >= 15 is 0 Å². The quantitative estimate of drug-likeness (QED) is 0.799. The SMILES string of the molecule is COCCn1cc(NC(=O)C2(CN)CC(C)C2)cn1. The summed E-state index contributed by atoms with van der Waals surface area (Å²) in [5.41, 5.74) is 6.09. The lowest BCUT2D eigenvalue weighted by Crippen LogP contribution is -2.51. The van der Waals surface area contributed by atoms with Gasteiger partial charge in [-0.1, -0.05) is 6.92 Å². The molecule has 0 aliphatic heterocycles. The van der Waals surface area contributed by atoms with Crippen LogP contribution < -0.4 is 11.1 Å². The van der Waals surface area contributed by atoms with Crippen LogP contribution in [0.25, 0.3) is 0 Å². The molecule has 1 saturated carbocycles. The molecule has 1 aromatic heterocycles. The summed E-state index contributed by atoms with van der Waals surface area (Å²) in [7, 11) is 1.65. The minimum Gasteiger partial charge on any atom is -0.383 e. The monoisotopic (exact) mass is 266 g/mol. The highest BCUT2D eigenvalue weighted by atomic mass is 16.5. The number of methoxy groups -OCH3 is 1. The van der Waals surface area contributed by atoms with E-state index in [2.05, 4.69) is 17.3 Å². The number of rotatable bonds is 6. The van der Waals surface area contributed by atoms with E-state index in [1.165, 1.54) is 0 Å². The Morgan fingerprint density at radius 1 is 1.68 bits per heavy atom. The summed E-state index contributed by atoms with van der Waals surface area (Å²) in [6.07, 6.45) is 5.20. The number of aromatic nitrogens is 2. The molecule has 0 radical (unpaired) electrons. The zero-order valence-electron chi connectivity index (χ0n) is 11.6. The largest absolute Gasteiger partial charge is 0.383 e. The smallest absolute Gasteiger partial charge is 0.231 e. The summed E-state index contributed by atoms with van der Waals surface area (Å²) in [4.78, 5) is 12.3. The van der Waals surface area contributed by atoms with E-state index < -0.39 is 0 Å². The third-order valence-electron chi connectivity index (χ3n) is 3.77. The zero-order valence-corrected chi connectivity index (χ0v) is 11.6. The van der Waals surface area contributed by atoms with Gasteiger partial charge in [0.15, 0.2) is 0 Å². The maximum atomic E-state index is 12.3. The van der Waals surface area contributed by atoms with E-state index in [9.17, 15) is 4.79 Å². The van der Waals surface area contributed by atoms with Gasteiger partial charge in [-0.2, -0.15) is 5.10 Å². The Bertz CT molecular complexity index is 438. The van der Waals surface area contributed by atoms with E-state index in [1.54, 1.807) is 18.0 Å². The van der Waals surface area contributed by atoms with Crippen LogP contribution in [0.5, 0.6) is 0 Å². The van der Waals surface area contributed by atoms with Crippen molar-refractivity contribution in [2.24, 2.45) is 17.1 Å². The Kier molecular flexibility index (Phi) is 4.21. The minimum atomic E-state index is -0.381. The third-order valence-corrected chi connectivity index (χ3v) is 3.77. The Morgan fingerprint density at radius 2 is 2.42 bits per heavy atom. The van der Waals surface area contributed by atoms with Gasteiger partial charge in [0.1, 0.15) is 0 Å². The van der Waals surface area contributed by atoms with Crippen LogP contribution in [0.3, 0.4) is 0 Å². The zero-order chi connectivity index (χ0) is 13.9. The first kappa shape index (κ1) is 14.0. The molecule has 1 aliphatic carbocycles. The van der Waals surface area contributed by atoms with Crippen LogP contribution in [0.1, 0.15) is 19.8 Å². The van der Waals surface area contributed by atoms with E-state index in [0.717, 1.165) is 12.8 Å². The number of nitrogens with zero attached hydrogens (tertiary/aromatic N) is 2. The van der Waals surface area contributed by atoms with Gasteiger partial charge in [-0.05, 0) is 18.8 Å². The predicted octanol–water partition coefficient (Wildman–Crippen LogP) is 0.843. The van der Waals surface area contributed by atoms with Crippen molar-refractivity contribution in [2.45, 2.75) is 26.3 Å². The highest BCUT2D eigenvalue weighted by molar-refractivity contribution is 5.96. The Balaban J connectivity index is 1.93. The molecule has 2 rings (SSSR count). The van der Waals surface area contributed by atoms with Gasteiger partial charge in [0, 0.05) is 19.9 Å². The van der Waals surface area contributed by atoms with Crippen molar-refractivity contribution in [3.63, 3.8) is 0 Å². The van der Waals surface area contributed by atoms with Gasteiger partial charge >= 0.3 is 0 Å². The summed E-state index contributed by atoms with van der Waals surface area (Å²) in [6, 6.07) is 0. The summed E-state index contributed by atoms with van der Waals surface area (Å²) >= 11 is 0. The number of hydrogen-bond donors (Lipinski definition) is 2. The molecule has 6 heteroatoms. The maximum Gasteiger partial charge on any atom is 0.231 e. The van der Waals surface area contributed by atoms with Crippen LogP contribution in [0, 0.1) is 11.3 Å². The summed E-state index contributed by atoms with van der Waals surface area (Å²) < 4.78 is 6.73. The summed E-state index contributed by atoms with van der Waals surface area (Å²) in [6.45, 7) is 3.82. The fourth-order valence-electron chi connectivity index (χ4n) is 2.72. The van der Waals surface area contributed by atoms with Crippen molar-refractivity contribution in [3.8, 4) is 0 Å². The van der Waals surface area contributed by atoms with Crippen LogP contribution in [0.4, 0.5) is 5.69 Å². The van der Waals surface area contributed by atoms with E-state index in [1.807, 2.05) is 6.20 Å². The first-order valence-corrected chi connectivity index (χ1v) is 6.62. The van der Waals surface area contributed by atoms with Crippen LogP contribution in [0.15, 0.2) is 12.4 Å². The standard InChI is InChI=1S/C13H22N4O2/c1-10-5-13(6-10,9-14)12(18)16-11-7-15-17(8-11)3-4-19-2/h7-8,10H,3-6,9,14H2,1-2H3,(H,16,18). The molecule has 6 nitrogen and oxygen atoms in total.